The second-order valence-corrected chi connectivity index (χ2v) is 11.0. The number of amides is 2. The maximum Gasteiger partial charge on any atom is 0.273 e. The smallest absolute Gasteiger partial charge is 0.273 e. The van der Waals surface area contributed by atoms with Crippen molar-refractivity contribution in [1.82, 2.24) is 29.5 Å². The van der Waals surface area contributed by atoms with Crippen molar-refractivity contribution in [3.05, 3.63) is 75.2 Å². The first-order valence-electron chi connectivity index (χ1n) is 11.8. The number of carbonyl (C=O) groups is 2. The number of nitrogens with zero attached hydrogens (tertiary/aromatic N) is 6. The van der Waals surface area contributed by atoms with Crippen LogP contribution in [0.1, 0.15) is 28.0 Å². The predicted octanol–water partition coefficient (Wildman–Crippen LogP) is 4.95. The van der Waals surface area contributed by atoms with Crippen LogP contribution >= 0.6 is 34.7 Å². The maximum absolute atomic E-state index is 12.9. The molecule has 2 amide bonds. The molecular weight excluding hydrogens is 528 g/mol. The molecule has 11 heteroatoms. The lowest BCUT2D eigenvalue weighted by molar-refractivity contribution is -0.130. The fraction of sp³-hybridized carbons (Fsp3) is 0.269. The number of aromatic nitrogens is 4. The third-order valence-electron chi connectivity index (χ3n) is 6.15. The van der Waals surface area contributed by atoms with Crippen LogP contribution in [0.5, 0.6) is 0 Å². The van der Waals surface area contributed by atoms with Gasteiger partial charge < -0.3 is 9.80 Å². The molecule has 37 heavy (non-hydrogen) atoms. The SMILES string of the molecule is CC(=O)N1CCN(C(=O)c2csc(CSc3nnc(-c4ccccc4Cl)n3-c3ccc(C)cc3)n2)CC1. The van der Waals surface area contributed by atoms with Crippen molar-refractivity contribution in [3.63, 3.8) is 0 Å². The standard InChI is InChI=1S/C26H25ClN6O2S2/c1-17-7-9-19(10-8-17)33-24(20-5-3-4-6-21(20)27)29-30-26(33)37-16-23-28-22(15-36-23)25(35)32-13-11-31(12-14-32)18(2)34/h3-10,15H,11-14,16H2,1-2H3. The van der Waals surface area contributed by atoms with E-state index in [1.54, 1.807) is 22.1 Å². The van der Waals surface area contributed by atoms with Gasteiger partial charge in [-0.15, -0.1) is 21.5 Å². The largest absolute Gasteiger partial charge is 0.339 e. The Labute approximate surface area is 228 Å². The van der Waals surface area contributed by atoms with Gasteiger partial charge in [0.1, 0.15) is 10.7 Å². The monoisotopic (exact) mass is 552 g/mol. The molecule has 190 valence electrons. The van der Waals surface area contributed by atoms with E-state index in [-0.39, 0.29) is 11.8 Å². The van der Waals surface area contributed by atoms with Crippen molar-refractivity contribution in [2.75, 3.05) is 26.2 Å². The normalized spacial score (nSPS) is 13.7. The van der Waals surface area contributed by atoms with Crippen LogP contribution in [-0.2, 0) is 10.5 Å². The van der Waals surface area contributed by atoms with Gasteiger partial charge in [0.2, 0.25) is 5.91 Å². The van der Waals surface area contributed by atoms with Crippen molar-refractivity contribution in [2.45, 2.75) is 24.8 Å². The molecule has 0 aliphatic carbocycles. The van der Waals surface area contributed by atoms with Crippen LogP contribution in [0.4, 0.5) is 0 Å². The third-order valence-corrected chi connectivity index (χ3v) is 8.45. The second-order valence-electron chi connectivity index (χ2n) is 8.67. The molecule has 0 spiro atoms. The van der Waals surface area contributed by atoms with Crippen molar-refractivity contribution in [3.8, 4) is 17.1 Å². The fourth-order valence-electron chi connectivity index (χ4n) is 4.10. The molecule has 1 aliphatic rings. The van der Waals surface area contributed by atoms with Crippen LogP contribution in [0.15, 0.2) is 59.1 Å². The first kappa shape index (κ1) is 25.4. The summed E-state index contributed by atoms with van der Waals surface area (Å²) in [6, 6.07) is 15.8. The van der Waals surface area contributed by atoms with E-state index in [9.17, 15) is 9.59 Å². The van der Waals surface area contributed by atoms with Gasteiger partial charge >= 0.3 is 0 Å². The van der Waals surface area contributed by atoms with Gasteiger partial charge in [-0.1, -0.05) is 53.2 Å². The summed E-state index contributed by atoms with van der Waals surface area (Å²) in [5.41, 5.74) is 3.34. The van der Waals surface area contributed by atoms with Crippen LogP contribution in [0, 0.1) is 6.92 Å². The molecule has 2 aromatic heterocycles. The molecule has 1 fully saturated rings. The first-order valence-corrected chi connectivity index (χ1v) is 14.0. The summed E-state index contributed by atoms with van der Waals surface area (Å²) in [5.74, 6) is 1.15. The van der Waals surface area contributed by atoms with E-state index in [4.69, 9.17) is 11.6 Å². The van der Waals surface area contributed by atoms with Crippen LogP contribution in [0.25, 0.3) is 17.1 Å². The second kappa shape index (κ2) is 11.0. The van der Waals surface area contributed by atoms with Gasteiger partial charge in [0.25, 0.3) is 5.91 Å². The molecule has 0 unspecified atom stereocenters. The predicted molar refractivity (Wildman–Crippen MR) is 146 cm³/mol. The third kappa shape index (κ3) is 5.56. The highest BCUT2D eigenvalue weighted by Crippen LogP contribution is 2.33. The van der Waals surface area contributed by atoms with Gasteiger partial charge in [-0.3, -0.25) is 14.2 Å². The van der Waals surface area contributed by atoms with Crippen LogP contribution in [-0.4, -0.2) is 67.5 Å². The Balaban J connectivity index is 1.34. The Hall–Kier alpha value is -3.21. The highest BCUT2D eigenvalue weighted by molar-refractivity contribution is 7.98. The lowest BCUT2D eigenvalue weighted by atomic mass is 10.2. The molecule has 4 aromatic rings. The molecule has 2 aromatic carbocycles. The summed E-state index contributed by atoms with van der Waals surface area (Å²) < 4.78 is 2.00. The molecule has 1 saturated heterocycles. The Bertz CT molecular complexity index is 1430. The van der Waals surface area contributed by atoms with E-state index in [1.807, 2.05) is 47.9 Å². The van der Waals surface area contributed by atoms with Gasteiger partial charge in [-0.2, -0.15) is 0 Å². The van der Waals surface area contributed by atoms with Crippen LogP contribution in [0.3, 0.4) is 0 Å². The Morgan fingerprint density at radius 1 is 1.00 bits per heavy atom. The molecule has 0 bridgehead atoms. The number of hydrogen-bond donors (Lipinski definition) is 0. The highest BCUT2D eigenvalue weighted by Gasteiger charge is 2.25. The highest BCUT2D eigenvalue weighted by atomic mass is 35.5. The van der Waals surface area contributed by atoms with Gasteiger partial charge in [0.05, 0.1) is 10.8 Å². The number of halogens is 1. The zero-order chi connectivity index (χ0) is 25.9. The minimum Gasteiger partial charge on any atom is -0.339 e. The lowest BCUT2D eigenvalue weighted by Gasteiger charge is -2.33. The average Bonchev–Trinajstić information content (AvgIpc) is 3.55. The zero-order valence-electron chi connectivity index (χ0n) is 20.4. The molecule has 0 N–H and O–H groups in total. The van der Waals surface area contributed by atoms with Crippen molar-refractivity contribution in [1.29, 1.82) is 0 Å². The fourth-order valence-corrected chi connectivity index (χ4v) is 6.05. The molecule has 3 heterocycles. The number of benzene rings is 2. The van der Waals surface area contributed by atoms with E-state index in [1.165, 1.54) is 23.1 Å². The summed E-state index contributed by atoms with van der Waals surface area (Å²) in [7, 11) is 0. The lowest BCUT2D eigenvalue weighted by Crippen LogP contribution is -2.50. The quantitative estimate of drug-likeness (QED) is 0.315. The average molecular weight is 553 g/mol. The summed E-state index contributed by atoms with van der Waals surface area (Å²) >= 11 is 9.46. The molecule has 8 nitrogen and oxygen atoms in total. The minimum atomic E-state index is -0.0977. The Morgan fingerprint density at radius 2 is 1.70 bits per heavy atom. The van der Waals surface area contributed by atoms with Gasteiger partial charge in [-0.25, -0.2) is 4.98 Å². The number of hydrogen-bond acceptors (Lipinski definition) is 7. The summed E-state index contributed by atoms with van der Waals surface area (Å²) in [5, 5.41) is 12.9. The number of aryl methyl sites for hydroxylation is 1. The molecule has 0 saturated carbocycles. The zero-order valence-corrected chi connectivity index (χ0v) is 22.8. The minimum absolute atomic E-state index is 0.0382. The van der Waals surface area contributed by atoms with Crippen molar-refractivity contribution < 1.29 is 9.59 Å². The summed E-state index contributed by atoms with van der Waals surface area (Å²) in [6.45, 7) is 5.74. The maximum atomic E-state index is 12.9. The number of carbonyl (C=O) groups excluding carboxylic acids is 2. The van der Waals surface area contributed by atoms with E-state index in [2.05, 4.69) is 27.3 Å². The van der Waals surface area contributed by atoms with Gasteiger partial charge in [0.15, 0.2) is 11.0 Å². The first-order chi connectivity index (χ1) is 17.9. The number of rotatable bonds is 6. The Morgan fingerprint density at radius 3 is 2.41 bits per heavy atom. The van der Waals surface area contributed by atoms with E-state index >= 15 is 0 Å². The Kier molecular flexibility index (Phi) is 7.59. The summed E-state index contributed by atoms with van der Waals surface area (Å²) in [4.78, 5) is 32.6. The van der Waals surface area contributed by atoms with E-state index in [0.29, 0.717) is 53.6 Å². The topological polar surface area (TPSA) is 84.2 Å². The molecule has 0 atom stereocenters. The van der Waals surface area contributed by atoms with Crippen molar-refractivity contribution in [2.24, 2.45) is 0 Å². The van der Waals surface area contributed by atoms with Crippen LogP contribution in [0.2, 0.25) is 5.02 Å². The number of piperazine rings is 1. The van der Waals surface area contributed by atoms with Gasteiger partial charge in [0, 0.05) is 49.7 Å². The number of thiazole rings is 1. The summed E-state index contributed by atoms with van der Waals surface area (Å²) in [6.07, 6.45) is 0. The van der Waals surface area contributed by atoms with E-state index < -0.39 is 0 Å². The van der Waals surface area contributed by atoms with Crippen LogP contribution < -0.4 is 0 Å². The van der Waals surface area contributed by atoms with E-state index in [0.717, 1.165) is 21.8 Å². The molecule has 1 aliphatic heterocycles. The molecule has 0 radical (unpaired) electrons. The van der Waals surface area contributed by atoms with Crippen molar-refractivity contribution >= 4 is 46.5 Å². The molecule has 5 rings (SSSR count). The number of thioether (sulfide) groups is 1. The van der Waals surface area contributed by atoms with Gasteiger partial charge in [-0.05, 0) is 31.2 Å². The molecular formula is C26H25ClN6O2S2.